The number of ether oxygens (including phenoxy) is 2. The van der Waals surface area contributed by atoms with Gasteiger partial charge in [0.15, 0.2) is 0 Å². The lowest BCUT2D eigenvalue weighted by Gasteiger charge is -2.26. The van der Waals surface area contributed by atoms with Crippen LogP contribution in [-0.2, 0) is 0 Å². The quantitative estimate of drug-likeness (QED) is 0.332. The van der Waals surface area contributed by atoms with Crippen LogP contribution in [0.15, 0.2) is 83.3 Å². The standard InChI is InChI=1S/C26H25BrN2O2/c1-17(18-9-12-22(30-2)13-10-18)28-25(19-7-5-4-6-8-19)23-16-20-15-21(27)11-14-24(20)29-26(23)31-3/h4-17,25,28H,1-3H3/t17-,25+/m0/s1. The summed E-state index contributed by atoms with van der Waals surface area (Å²) in [5.41, 5.74) is 4.23. The Balaban J connectivity index is 1.78. The first-order valence-electron chi connectivity index (χ1n) is 10.2. The van der Waals surface area contributed by atoms with Crippen molar-refractivity contribution in [2.75, 3.05) is 14.2 Å². The molecule has 31 heavy (non-hydrogen) atoms. The Morgan fingerprint density at radius 3 is 2.26 bits per heavy atom. The fraction of sp³-hybridized carbons (Fsp3) is 0.192. The highest BCUT2D eigenvalue weighted by Crippen LogP contribution is 2.34. The molecule has 1 heterocycles. The molecular formula is C26H25BrN2O2. The largest absolute Gasteiger partial charge is 0.497 e. The van der Waals surface area contributed by atoms with Crippen molar-refractivity contribution in [3.05, 3.63) is 100 Å². The summed E-state index contributed by atoms with van der Waals surface area (Å²) >= 11 is 3.57. The molecule has 4 aromatic rings. The van der Waals surface area contributed by atoms with E-state index >= 15 is 0 Å². The minimum absolute atomic E-state index is 0.0934. The third-order valence-corrected chi connectivity index (χ3v) is 5.93. The van der Waals surface area contributed by atoms with Crippen LogP contribution in [0.4, 0.5) is 0 Å². The van der Waals surface area contributed by atoms with Gasteiger partial charge in [0.2, 0.25) is 5.88 Å². The average molecular weight is 477 g/mol. The predicted octanol–water partition coefficient (Wildman–Crippen LogP) is 6.45. The van der Waals surface area contributed by atoms with E-state index in [0.29, 0.717) is 5.88 Å². The van der Waals surface area contributed by atoms with Crippen molar-refractivity contribution in [3.8, 4) is 11.6 Å². The van der Waals surface area contributed by atoms with Crippen LogP contribution in [0.2, 0.25) is 0 Å². The zero-order valence-corrected chi connectivity index (χ0v) is 19.4. The fourth-order valence-electron chi connectivity index (χ4n) is 3.77. The molecule has 0 bridgehead atoms. The molecule has 0 aliphatic rings. The van der Waals surface area contributed by atoms with Gasteiger partial charge in [0.05, 0.1) is 25.8 Å². The van der Waals surface area contributed by atoms with E-state index in [-0.39, 0.29) is 12.1 Å². The highest BCUT2D eigenvalue weighted by Gasteiger charge is 2.22. The molecule has 0 fully saturated rings. The van der Waals surface area contributed by atoms with Crippen LogP contribution in [0, 0.1) is 0 Å². The SMILES string of the molecule is COc1ccc([C@H](C)N[C@H](c2ccccc2)c2cc3cc(Br)ccc3nc2OC)cc1. The first-order valence-corrected chi connectivity index (χ1v) is 11.0. The summed E-state index contributed by atoms with van der Waals surface area (Å²) in [6.45, 7) is 2.16. The molecule has 0 amide bonds. The van der Waals surface area contributed by atoms with Gasteiger partial charge in [0.25, 0.3) is 0 Å². The van der Waals surface area contributed by atoms with Gasteiger partial charge < -0.3 is 9.47 Å². The second-order valence-corrected chi connectivity index (χ2v) is 8.34. The molecule has 1 aromatic heterocycles. The number of halogens is 1. The van der Waals surface area contributed by atoms with Gasteiger partial charge in [-0.15, -0.1) is 0 Å². The van der Waals surface area contributed by atoms with E-state index in [1.807, 2.05) is 30.3 Å². The second kappa shape index (κ2) is 9.50. The Bertz CT molecular complexity index is 1160. The normalized spacial score (nSPS) is 13.0. The number of pyridine rings is 1. The summed E-state index contributed by atoms with van der Waals surface area (Å²) in [5.74, 6) is 1.47. The van der Waals surface area contributed by atoms with Gasteiger partial charge in [-0.2, -0.15) is 0 Å². The number of methoxy groups -OCH3 is 2. The van der Waals surface area contributed by atoms with Crippen LogP contribution in [-0.4, -0.2) is 19.2 Å². The average Bonchev–Trinajstić information content (AvgIpc) is 2.82. The van der Waals surface area contributed by atoms with Crippen molar-refractivity contribution in [3.63, 3.8) is 0 Å². The first-order chi connectivity index (χ1) is 15.1. The maximum absolute atomic E-state index is 5.72. The summed E-state index contributed by atoms with van der Waals surface area (Å²) < 4.78 is 12.0. The number of hydrogen-bond donors (Lipinski definition) is 1. The predicted molar refractivity (Wildman–Crippen MR) is 129 cm³/mol. The maximum atomic E-state index is 5.72. The van der Waals surface area contributed by atoms with Crippen LogP contribution in [0.1, 0.15) is 35.7 Å². The molecule has 0 aliphatic heterocycles. The van der Waals surface area contributed by atoms with Crippen molar-refractivity contribution >= 4 is 26.8 Å². The zero-order chi connectivity index (χ0) is 21.8. The van der Waals surface area contributed by atoms with Gasteiger partial charge in [-0.3, -0.25) is 5.32 Å². The van der Waals surface area contributed by atoms with Crippen molar-refractivity contribution < 1.29 is 9.47 Å². The number of fused-ring (bicyclic) bond motifs is 1. The van der Waals surface area contributed by atoms with E-state index in [1.54, 1.807) is 14.2 Å². The number of rotatable bonds is 7. The van der Waals surface area contributed by atoms with Crippen LogP contribution < -0.4 is 14.8 Å². The van der Waals surface area contributed by atoms with Gasteiger partial charge in [-0.1, -0.05) is 58.4 Å². The molecule has 158 valence electrons. The van der Waals surface area contributed by atoms with E-state index in [1.165, 1.54) is 5.56 Å². The third-order valence-electron chi connectivity index (χ3n) is 5.44. The van der Waals surface area contributed by atoms with Gasteiger partial charge in [-0.05, 0) is 54.4 Å². The van der Waals surface area contributed by atoms with E-state index in [0.717, 1.165) is 32.3 Å². The van der Waals surface area contributed by atoms with Crippen molar-refractivity contribution in [2.45, 2.75) is 19.0 Å². The topological polar surface area (TPSA) is 43.4 Å². The number of nitrogens with one attached hydrogen (secondary N) is 1. The number of benzene rings is 3. The molecule has 0 radical (unpaired) electrons. The van der Waals surface area contributed by atoms with Gasteiger partial charge in [-0.25, -0.2) is 4.98 Å². The molecule has 0 unspecified atom stereocenters. The Morgan fingerprint density at radius 1 is 0.839 bits per heavy atom. The Labute approximate surface area is 191 Å². The second-order valence-electron chi connectivity index (χ2n) is 7.43. The summed E-state index contributed by atoms with van der Waals surface area (Å²) in [5, 5.41) is 4.85. The van der Waals surface area contributed by atoms with Crippen LogP contribution >= 0.6 is 15.9 Å². The first kappa shape index (κ1) is 21.3. The highest BCUT2D eigenvalue weighted by molar-refractivity contribution is 9.10. The lowest BCUT2D eigenvalue weighted by atomic mass is 9.96. The van der Waals surface area contributed by atoms with Crippen LogP contribution in [0.5, 0.6) is 11.6 Å². The van der Waals surface area contributed by atoms with Gasteiger partial charge >= 0.3 is 0 Å². The lowest BCUT2D eigenvalue weighted by molar-refractivity contribution is 0.385. The molecule has 1 N–H and O–H groups in total. The monoisotopic (exact) mass is 476 g/mol. The summed E-state index contributed by atoms with van der Waals surface area (Å²) in [6, 6.07) is 26.8. The smallest absolute Gasteiger partial charge is 0.218 e. The number of hydrogen-bond acceptors (Lipinski definition) is 4. The molecule has 4 rings (SSSR count). The molecule has 0 saturated heterocycles. The Kier molecular flexibility index (Phi) is 6.54. The molecule has 0 spiro atoms. The summed E-state index contributed by atoms with van der Waals surface area (Å²) in [7, 11) is 3.35. The molecule has 4 nitrogen and oxygen atoms in total. The fourth-order valence-corrected chi connectivity index (χ4v) is 4.14. The Hall–Kier alpha value is -2.89. The van der Waals surface area contributed by atoms with Gasteiger partial charge in [0.1, 0.15) is 5.75 Å². The van der Waals surface area contributed by atoms with Crippen LogP contribution in [0.25, 0.3) is 10.9 Å². The molecular weight excluding hydrogens is 452 g/mol. The minimum Gasteiger partial charge on any atom is -0.497 e. The lowest BCUT2D eigenvalue weighted by Crippen LogP contribution is -2.26. The minimum atomic E-state index is -0.0934. The third kappa shape index (κ3) is 4.73. The highest BCUT2D eigenvalue weighted by atomic mass is 79.9. The van der Waals surface area contributed by atoms with Crippen molar-refractivity contribution in [1.29, 1.82) is 0 Å². The van der Waals surface area contributed by atoms with Crippen molar-refractivity contribution in [1.82, 2.24) is 10.3 Å². The van der Waals surface area contributed by atoms with E-state index < -0.39 is 0 Å². The molecule has 2 atom stereocenters. The van der Waals surface area contributed by atoms with Crippen LogP contribution in [0.3, 0.4) is 0 Å². The maximum Gasteiger partial charge on any atom is 0.218 e. The van der Waals surface area contributed by atoms with E-state index in [4.69, 9.17) is 14.5 Å². The zero-order valence-electron chi connectivity index (χ0n) is 17.8. The van der Waals surface area contributed by atoms with Crippen molar-refractivity contribution in [2.24, 2.45) is 0 Å². The number of aromatic nitrogens is 1. The molecule has 5 heteroatoms. The summed E-state index contributed by atoms with van der Waals surface area (Å²) in [6.07, 6.45) is 0. The van der Waals surface area contributed by atoms with E-state index in [9.17, 15) is 0 Å². The molecule has 0 saturated carbocycles. The Morgan fingerprint density at radius 2 is 1.58 bits per heavy atom. The summed E-state index contributed by atoms with van der Waals surface area (Å²) in [4.78, 5) is 4.78. The molecule has 3 aromatic carbocycles. The van der Waals surface area contributed by atoms with E-state index in [2.05, 4.69) is 76.7 Å². The number of nitrogens with zero attached hydrogens (tertiary/aromatic N) is 1. The molecule has 0 aliphatic carbocycles. The van der Waals surface area contributed by atoms with Gasteiger partial charge in [0, 0.05) is 21.5 Å².